The molecule has 0 atom stereocenters. The van der Waals surface area contributed by atoms with E-state index in [1.54, 1.807) is 12.3 Å². The van der Waals surface area contributed by atoms with Crippen LogP contribution in [0, 0.1) is 11.3 Å². The van der Waals surface area contributed by atoms with Crippen molar-refractivity contribution >= 4 is 22.4 Å². The highest BCUT2D eigenvalue weighted by atomic mass is 16.3. The van der Waals surface area contributed by atoms with Gasteiger partial charge in [-0.15, -0.1) is 0 Å². The van der Waals surface area contributed by atoms with Crippen LogP contribution in [0.4, 0.5) is 11.5 Å². The van der Waals surface area contributed by atoms with E-state index in [1.165, 1.54) is 10.9 Å². The third-order valence-corrected chi connectivity index (χ3v) is 5.00. The molecule has 1 aliphatic heterocycles. The molecule has 1 aromatic carbocycles. The molecule has 1 saturated heterocycles. The van der Waals surface area contributed by atoms with Crippen molar-refractivity contribution in [1.29, 1.82) is 5.26 Å². The van der Waals surface area contributed by atoms with Crippen molar-refractivity contribution in [2.24, 2.45) is 0 Å². The van der Waals surface area contributed by atoms with E-state index in [9.17, 15) is 4.79 Å². The minimum Gasteiger partial charge on any atom is -0.395 e. The second kappa shape index (κ2) is 7.66. The number of nitrogens with zero attached hydrogens (tertiary/aromatic N) is 6. The van der Waals surface area contributed by atoms with Crippen molar-refractivity contribution in [3.05, 3.63) is 58.8 Å². The first kappa shape index (κ1) is 17.9. The van der Waals surface area contributed by atoms with E-state index < -0.39 is 0 Å². The first-order valence-electron chi connectivity index (χ1n) is 9.16. The molecule has 3 aromatic rings. The van der Waals surface area contributed by atoms with Gasteiger partial charge in [0.25, 0.3) is 5.56 Å². The van der Waals surface area contributed by atoms with Crippen LogP contribution in [0.15, 0.2) is 47.7 Å². The quantitative estimate of drug-likeness (QED) is 0.725. The molecular formula is C20H20N6O2. The van der Waals surface area contributed by atoms with Crippen LogP contribution in [0.25, 0.3) is 10.9 Å². The maximum absolute atomic E-state index is 12.4. The molecule has 28 heavy (non-hydrogen) atoms. The number of aliphatic hydroxyl groups is 1. The molecule has 1 fully saturated rings. The van der Waals surface area contributed by atoms with E-state index in [4.69, 9.17) is 10.4 Å². The highest BCUT2D eigenvalue weighted by Gasteiger charge is 2.19. The number of pyridine rings is 1. The second-order valence-corrected chi connectivity index (χ2v) is 6.66. The zero-order valence-corrected chi connectivity index (χ0v) is 15.3. The smallest absolute Gasteiger partial charge is 0.261 e. The highest BCUT2D eigenvalue weighted by Crippen LogP contribution is 2.22. The summed E-state index contributed by atoms with van der Waals surface area (Å²) < 4.78 is 1.42. The monoisotopic (exact) mass is 376 g/mol. The highest BCUT2D eigenvalue weighted by molar-refractivity contribution is 5.81. The van der Waals surface area contributed by atoms with Crippen LogP contribution in [-0.4, -0.2) is 52.4 Å². The Balaban J connectivity index is 1.49. The molecule has 0 radical (unpaired) electrons. The molecule has 8 nitrogen and oxygen atoms in total. The molecule has 3 heterocycles. The topological polar surface area (TPSA) is 98.3 Å². The molecule has 1 aliphatic rings. The predicted molar refractivity (Wildman–Crippen MR) is 106 cm³/mol. The molecule has 8 heteroatoms. The van der Waals surface area contributed by atoms with Crippen LogP contribution in [0.5, 0.6) is 0 Å². The Bertz CT molecular complexity index is 1080. The van der Waals surface area contributed by atoms with Gasteiger partial charge in [-0.2, -0.15) is 5.26 Å². The number of nitriles is 1. The Kier molecular flexibility index (Phi) is 4.91. The molecule has 142 valence electrons. The lowest BCUT2D eigenvalue weighted by Gasteiger charge is -2.36. The SMILES string of the molecule is N#Cc1ccc(N2CCN(c3ccc4c(=O)n(CCO)cnc4c3)CC2)nc1. The molecule has 4 rings (SSSR count). The maximum atomic E-state index is 12.4. The standard InChI is InChI=1S/C20H20N6O2/c21-12-15-1-4-19(22-13-15)25-7-5-24(6-8-25)16-2-3-17-18(11-16)23-14-26(9-10-27)20(17)28/h1-4,11,13-14,27H,5-10H2. The fourth-order valence-corrected chi connectivity index (χ4v) is 3.44. The largest absolute Gasteiger partial charge is 0.395 e. The first-order chi connectivity index (χ1) is 13.7. The second-order valence-electron chi connectivity index (χ2n) is 6.66. The summed E-state index contributed by atoms with van der Waals surface area (Å²) in [4.78, 5) is 25.6. The van der Waals surface area contributed by atoms with Gasteiger partial charge in [0.1, 0.15) is 11.9 Å². The van der Waals surface area contributed by atoms with Crippen molar-refractivity contribution in [2.45, 2.75) is 6.54 Å². The predicted octanol–water partition coefficient (Wildman–Crippen LogP) is 0.982. The number of aromatic nitrogens is 3. The minimum atomic E-state index is -0.137. The van der Waals surface area contributed by atoms with Crippen molar-refractivity contribution < 1.29 is 5.11 Å². The van der Waals surface area contributed by atoms with E-state index in [0.717, 1.165) is 37.7 Å². The summed E-state index contributed by atoms with van der Waals surface area (Å²) in [5.74, 6) is 0.878. The summed E-state index contributed by atoms with van der Waals surface area (Å²) >= 11 is 0. The zero-order chi connectivity index (χ0) is 19.5. The third kappa shape index (κ3) is 3.40. The van der Waals surface area contributed by atoms with E-state index in [1.807, 2.05) is 24.3 Å². The molecule has 2 aromatic heterocycles. The molecule has 0 unspecified atom stereocenters. The van der Waals surface area contributed by atoms with Crippen LogP contribution in [0.3, 0.4) is 0 Å². The van der Waals surface area contributed by atoms with E-state index in [-0.39, 0.29) is 18.7 Å². The van der Waals surface area contributed by atoms with Gasteiger partial charge in [0, 0.05) is 38.1 Å². The molecule has 0 amide bonds. The van der Waals surface area contributed by atoms with Crippen LogP contribution >= 0.6 is 0 Å². The van der Waals surface area contributed by atoms with Crippen LogP contribution < -0.4 is 15.4 Å². The zero-order valence-electron chi connectivity index (χ0n) is 15.3. The van der Waals surface area contributed by atoms with E-state index in [0.29, 0.717) is 16.5 Å². The fourth-order valence-electron chi connectivity index (χ4n) is 3.44. The number of anilines is 2. The lowest BCUT2D eigenvalue weighted by molar-refractivity contribution is 0.274. The van der Waals surface area contributed by atoms with Gasteiger partial charge in [0.05, 0.1) is 35.9 Å². The van der Waals surface area contributed by atoms with Crippen LogP contribution in [-0.2, 0) is 6.54 Å². The number of piperazine rings is 1. The van der Waals surface area contributed by atoms with Gasteiger partial charge < -0.3 is 14.9 Å². The van der Waals surface area contributed by atoms with Gasteiger partial charge >= 0.3 is 0 Å². The molecule has 1 N–H and O–H groups in total. The molecule has 0 saturated carbocycles. The van der Waals surface area contributed by atoms with Crippen LogP contribution in [0.1, 0.15) is 5.56 Å². The minimum absolute atomic E-state index is 0.0937. The first-order valence-corrected chi connectivity index (χ1v) is 9.16. The van der Waals surface area contributed by atoms with Crippen molar-refractivity contribution in [3.63, 3.8) is 0 Å². The summed E-state index contributed by atoms with van der Waals surface area (Å²) in [5.41, 5.74) is 2.12. The number of hydrogen-bond acceptors (Lipinski definition) is 7. The summed E-state index contributed by atoms with van der Waals surface area (Å²) in [6, 6.07) is 11.4. The number of aliphatic hydroxyl groups excluding tert-OH is 1. The Labute approximate surface area is 161 Å². The van der Waals surface area contributed by atoms with Gasteiger partial charge in [-0.25, -0.2) is 9.97 Å². The number of hydrogen-bond donors (Lipinski definition) is 1. The lowest BCUT2D eigenvalue weighted by Crippen LogP contribution is -2.46. The normalized spacial score (nSPS) is 14.3. The molecule has 0 aliphatic carbocycles. The Morgan fingerprint density at radius 3 is 2.54 bits per heavy atom. The molecular weight excluding hydrogens is 356 g/mol. The Morgan fingerprint density at radius 1 is 1.07 bits per heavy atom. The summed E-state index contributed by atoms with van der Waals surface area (Å²) in [6.07, 6.45) is 3.08. The Morgan fingerprint density at radius 2 is 1.86 bits per heavy atom. The van der Waals surface area contributed by atoms with Gasteiger partial charge in [0.2, 0.25) is 0 Å². The van der Waals surface area contributed by atoms with E-state index in [2.05, 4.69) is 25.8 Å². The van der Waals surface area contributed by atoms with Gasteiger partial charge in [-0.05, 0) is 30.3 Å². The summed E-state index contributed by atoms with van der Waals surface area (Å²) in [6.45, 7) is 3.45. The molecule has 0 bridgehead atoms. The Hall–Kier alpha value is -3.44. The lowest BCUT2D eigenvalue weighted by atomic mass is 10.2. The molecule has 0 spiro atoms. The number of benzene rings is 1. The number of fused-ring (bicyclic) bond motifs is 1. The van der Waals surface area contributed by atoms with Crippen molar-refractivity contribution in [3.8, 4) is 6.07 Å². The van der Waals surface area contributed by atoms with Crippen LogP contribution in [0.2, 0.25) is 0 Å². The van der Waals surface area contributed by atoms with Gasteiger partial charge in [-0.1, -0.05) is 0 Å². The fraction of sp³-hybridized carbons (Fsp3) is 0.300. The average molecular weight is 376 g/mol. The van der Waals surface area contributed by atoms with E-state index >= 15 is 0 Å². The maximum Gasteiger partial charge on any atom is 0.261 e. The average Bonchev–Trinajstić information content (AvgIpc) is 2.76. The number of rotatable bonds is 4. The van der Waals surface area contributed by atoms with Crippen molar-refractivity contribution in [2.75, 3.05) is 42.6 Å². The summed E-state index contributed by atoms with van der Waals surface area (Å²) in [7, 11) is 0. The van der Waals surface area contributed by atoms with Crippen molar-refractivity contribution in [1.82, 2.24) is 14.5 Å². The van der Waals surface area contributed by atoms with Gasteiger partial charge in [0.15, 0.2) is 0 Å². The third-order valence-electron chi connectivity index (χ3n) is 5.00. The summed E-state index contributed by atoms with van der Waals surface area (Å²) in [5, 5.41) is 18.5. The van der Waals surface area contributed by atoms with Gasteiger partial charge in [-0.3, -0.25) is 9.36 Å².